The molecule has 1 fully saturated rings. The van der Waals surface area contributed by atoms with Gasteiger partial charge in [-0.1, -0.05) is 72.8 Å². The minimum atomic E-state index is -0.957. The van der Waals surface area contributed by atoms with E-state index in [0.717, 1.165) is 23.2 Å². The molecular formula is C33H40N2O5. The third-order valence-electron chi connectivity index (χ3n) is 7.82. The summed E-state index contributed by atoms with van der Waals surface area (Å²) in [6.07, 6.45) is 1.78. The highest BCUT2D eigenvalue weighted by molar-refractivity contribution is 5.92. The normalized spacial score (nSPS) is 15.3. The molecule has 7 heteroatoms. The Labute approximate surface area is 237 Å². The molecule has 1 aliphatic rings. The molecule has 212 valence electrons. The van der Waals surface area contributed by atoms with Gasteiger partial charge in [-0.05, 0) is 54.6 Å². The fourth-order valence-electron chi connectivity index (χ4n) is 5.62. The number of likely N-dealkylation sites (tertiary alicyclic amines) is 1. The predicted octanol–water partition coefficient (Wildman–Crippen LogP) is 4.38. The summed E-state index contributed by atoms with van der Waals surface area (Å²) in [5.74, 6) is 0.358. The predicted molar refractivity (Wildman–Crippen MR) is 155 cm³/mol. The van der Waals surface area contributed by atoms with Gasteiger partial charge in [0.25, 0.3) is 0 Å². The van der Waals surface area contributed by atoms with Crippen LogP contribution in [-0.4, -0.2) is 73.7 Å². The fourth-order valence-corrected chi connectivity index (χ4v) is 5.62. The van der Waals surface area contributed by atoms with Crippen molar-refractivity contribution in [3.63, 3.8) is 0 Å². The maximum absolute atomic E-state index is 13.9. The maximum Gasteiger partial charge on any atom is 0.302 e. The van der Waals surface area contributed by atoms with Crippen molar-refractivity contribution in [1.29, 1.82) is 0 Å². The average Bonchev–Trinajstić information content (AvgIpc) is 2.97. The first-order chi connectivity index (χ1) is 19.2. The number of nitrogens with zero attached hydrogens (tertiary/aromatic N) is 2. The number of carbonyl (C=O) groups excluding carboxylic acids is 2. The van der Waals surface area contributed by atoms with E-state index in [0.29, 0.717) is 38.1 Å². The van der Waals surface area contributed by atoms with Crippen LogP contribution in [0.1, 0.15) is 42.9 Å². The summed E-state index contributed by atoms with van der Waals surface area (Å²) >= 11 is 0. The second-order valence-corrected chi connectivity index (χ2v) is 10.7. The molecule has 4 rings (SSSR count). The van der Waals surface area contributed by atoms with E-state index in [1.54, 1.807) is 4.90 Å². The van der Waals surface area contributed by atoms with Gasteiger partial charge in [-0.2, -0.15) is 0 Å². The smallest absolute Gasteiger partial charge is 0.302 e. The Morgan fingerprint density at radius 2 is 1.50 bits per heavy atom. The molecule has 0 spiro atoms. The molecule has 1 heterocycles. The molecule has 3 aromatic carbocycles. The Balaban J connectivity index is 1.47. The molecule has 7 nitrogen and oxygen atoms in total. The Bertz CT molecular complexity index is 1210. The summed E-state index contributed by atoms with van der Waals surface area (Å²) in [6, 6.07) is 27.6. The van der Waals surface area contributed by atoms with Gasteiger partial charge in [-0.15, -0.1) is 0 Å². The van der Waals surface area contributed by atoms with Gasteiger partial charge in [0, 0.05) is 34.1 Å². The van der Waals surface area contributed by atoms with Crippen LogP contribution in [0.3, 0.4) is 0 Å². The number of amides is 1. The summed E-state index contributed by atoms with van der Waals surface area (Å²) in [4.78, 5) is 28.9. The molecule has 1 N–H and O–H groups in total. The lowest BCUT2D eigenvalue weighted by atomic mass is 9.70. The van der Waals surface area contributed by atoms with E-state index in [1.165, 1.54) is 6.92 Å². The molecular weight excluding hydrogens is 504 g/mol. The van der Waals surface area contributed by atoms with Crippen LogP contribution in [0.15, 0.2) is 84.9 Å². The monoisotopic (exact) mass is 544 g/mol. The molecule has 0 radical (unpaired) electrons. The van der Waals surface area contributed by atoms with Crippen LogP contribution < -0.4 is 4.74 Å². The highest BCUT2D eigenvalue weighted by Crippen LogP contribution is 2.39. The van der Waals surface area contributed by atoms with E-state index in [-0.39, 0.29) is 25.1 Å². The third-order valence-corrected chi connectivity index (χ3v) is 7.82. The number of hydrogen-bond acceptors (Lipinski definition) is 6. The second-order valence-electron chi connectivity index (χ2n) is 10.7. The summed E-state index contributed by atoms with van der Waals surface area (Å²) in [7, 11) is 3.64. The minimum absolute atomic E-state index is 0.0592. The third kappa shape index (κ3) is 6.72. The van der Waals surface area contributed by atoms with Crippen LogP contribution in [0.5, 0.6) is 5.75 Å². The van der Waals surface area contributed by atoms with E-state index in [2.05, 4.69) is 4.90 Å². The van der Waals surface area contributed by atoms with Gasteiger partial charge in [0.2, 0.25) is 5.91 Å². The summed E-state index contributed by atoms with van der Waals surface area (Å²) in [5, 5.41) is 11.6. The van der Waals surface area contributed by atoms with Gasteiger partial charge in [0.1, 0.15) is 24.4 Å². The van der Waals surface area contributed by atoms with Crippen LogP contribution in [-0.2, 0) is 25.3 Å². The molecule has 3 aromatic rings. The molecule has 1 aliphatic heterocycles. The minimum Gasteiger partial charge on any atom is -0.490 e. The zero-order valence-corrected chi connectivity index (χ0v) is 23.7. The SMILES string of the molecule is CC(=O)OCCOc1cccc(C2(O)CCN(CCC(C(=O)N(C)C)(c3ccccc3)c3ccccc3)CC2)c1. The van der Waals surface area contributed by atoms with Crippen LogP contribution in [0.25, 0.3) is 0 Å². The van der Waals surface area contributed by atoms with Crippen molar-refractivity contribution in [2.75, 3.05) is 46.9 Å². The van der Waals surface area contributed by atoms with E-state index in [9.17, 15) is 14.7 Å². The van der Waals surface area contributed by atoms with Gasteiger partial charge in [-0.25, -0.2) is 0 Å². The number of rotatable bonds is 11. The van der Waals surface area contributed by atoms with Crippen LogP contribution in [0, 0.1) is 0 Å². The number of benzene rings is 3. The Kier molecular flexibility index (Phi) is 9.61. The summed E-state index contributed by atoms with van der Waals surface area (Å²) in [5.41, 5.74) is 1.03. The van der Waals surface area contributed by atoms with Gasteiger partial charge in [-0.3, -0.25) is 9.59 Å². The molecule has 0 bridgehead atoms. The van der Waals surface area contributed by atoms with E-state index in [4.69, 9.17) is 9.47 Å². The molecule has 1 amide bonds. The standard InChI is InChI=1S/C33H40N2O5/c1-26(36)39-23-24-40-30-16-10-15-29(25-30)32(38)17-20-35(21-18-32)22-19-33(31(37)34(2)3,27-11-6-4-7-12-27)28-13-8-5-9-14-28/h4-16,25,38H,17-24H2,1-3H3. The van der Waals surface area contributed by atoms with Gasteiger partial charge in [0.05, 0.1) is 5.60 Å². The highest BCUT2D eigenvalue weighted by Gasteiger charge is 2.43. The maximum atomic E-state index is 13.9. The molecule has 0 saturated carbocycles. The molecule has 0 unspecified atom stereocenters. The Hall–Kier alpha value is -3.68. The number of ether oxygens (including phenoxy) is 2. The topological polar surface area (TPSA) is 79.3 Å². The van der Waals surface area contributed by atoms with E-state index in [1.807, 2.05) is 99.0 Å². The van der Waals surface area contributed by atoms with Crippen LogP contribution in [0.4, 0.5) is 0 Å². The van der Waals surface area contributed by atoms with Crippen molar-refractivity contribution in [1.82, 2.24) is 9.80 Å². The lowest BCUT2D eigenvalue weighted by molar-refractivity contribution is -0.141. The van der Waals surface area contributed by atoms with Crippen molar-refractivity contribution in [3.8, 4) is 5.75 Å². The molecule has 40 heavy (non-hydrogen) atoms. The first-order valence-corrected chi connectivity index (χ1v) is 13.9. The van der Waals surface area contributed by atoms with Crippen molar-refractivity contribution in [2.45, 2.75) is 37.2 Å². The number of likely N-dealkylation sites (N-methyl/N-ethyl adjacent to an activating group) is 1. The largest absolute Gasteiger partial charge is 0.490 e. The van der Waals surface area contributed by atoms with Gasteiger partial charge < -0.3 is 24.4 Å². The van der Waals surface area contributed by atoms with Crippen molar-refractivity contribution >= 4 is 11.9 Å². The van der Waals surface area contributed by atoms with Crippen LogP contribution >= 0.6 is 0 Å². The molecule has 0 aliphatic carbocycles. The number of piperidine rings is 1. The summed E-state index contributed by atoms with van der Waals surface area (Å²) < 4.78 is 10.7. The fraction of sp³-hybridized carbons (Fsp3) is 0.394. The quantitative estimate of drug-likeness (QED) is 0.285. The van der Waals surface area contributed by atoms with Gasteiger partial charge in [0.15, 0.2) is 0 Å². The van der Waals surface area contributed by atoms with Crippen molar-refractivity contribution < 1.29 is 24.2 Å². The first kappa shape index (κ1) is 29.3. The molecule has 1 saturated heterocycles. The molecule has 0 atom stereocenters. The summed E-state index contributed by atoms with van der Waals surface area (Å²) in [6.45, 7) is 3.95. The number of hydrogen-bond donors (Lipinski definition) is 1. The number of esters is 1. The highest BCUT2D eigenvalue weighted by atomic mass is 16.6. The zero-order valence-electron chi connectivity index (χ0n) is 23.7. The van der Waals surface area contributed by atoms with E-state index < -0.39 is 11.0 Å². The Morgan fingerprint density at radius 3 is 2.05 bits per heavy atom. The van der Waals surface area contributed by atoms with Crippen molar-refractivity contribution in [2.24, 2.45) is 0 Å². The average molecular weight is 545 g/mol. The number of aliphatic hydroxyl groups is 1. The van der Waals surface area contributed by atoms with E-state index >= 15 is 0 Å². The lowest BCUT2D eigenvalue weighted by Gasteiger charge is -2.41. The van der Waals surface area contributed by atoms with Crippen molar-refractivity contribution in [3.05, 3.63) is 102 Å². The lowest BCUT2D eigenvalue weighted by Crippen LogP contribution is -2.48. The second kappa shape index (κ2) is 13.1. The first-order valence-electron chi connectivity index (χ1n) is 13.9. The van der Waals surface area contributed by atoms with Crippen LogP contribution in [0.2, 0.25) is 0 Å². The zero-order chi connectivity index (χ0) is 28.6. The molecule has 0 aromatic heterocycles. The van der Waals surface area contributed by atoms with Gasteiger partial charge >= 0.3 is 5.97 Å². The number of carbonyl (C=O) groups is 2. The Morgan fingerprint density at radius 1 is 0.900 bits per heavy atom.